The van der Waals surface area contributed by atoms with Crippen LogP contribution in [-0.2, 0) is 6.17 Å². The number of amides is 1. The molecule has 1 saturated carbocycles. The summed E-state index contributed by atoms with van der Waals surface area (Å²) < 4.78 is 39.5. The minimum atomic E-state index is -2.71. The summed E-state index contributed by atoms with van der Waals surface area (Å²) >= 11 is 0. The fraction of sp³-hybridized carbons (Fsp3) is 0.259. The number of nitrogens with one attached hydrogen (secondary N) is 2. The number of ether oxygens (including phenoxy) is 1. The summed E-state index contributed by atoms with van der Waals surface area (Å²) in [6, 6.07) is 11.7. The van der Waals surface area contributed by atoms with E-state index < -0.39 is 26.9 Å². The topological polar surface area (TPSA) is 140 Å². The molecule has 1 fully saturated rings. The van der Waals surface area contributed by atoms with Gasteiger partial charge >= 0.3 is 0 Å². The fourth-order valence-corrected chi connectivity index (χ4v) is 5.78. The van der Waals surface area contributed by atoms with Crippen molar-refractivity contribution in [2.24, 2.45) is 0 Å². The zero-order valence-electron chi connectivity index (χ0n) is 22.2. The van der Waals surface area contributed by atoms with Gasteiger partial charge < -0.3 is 19.8 Å². The monoisotopic (exact) mass is 576 g/mol. The molecule has 0 spiro atoms. The van der Waals surface area contributed by atoms with Crippen molar-refractivity contribution in [3.05, 3.63) is 72.6 Å². The van der Waals surface area contributed by atoms with Crippen molar-refractivity contribution in [2.45, 2.75) is 37.5 Å². The lowest BCUT2D eigenvalue weighted by molar-refractivity contribution is -0.0901. The van der Waals surface area contributed by atoms with Crippen LogP contribution in [0.15, 0.2) is 61.4 Å². The summed E-state index contributed by atoms with van der Waals surface area (Å²) in [7, 11) is -0.298. The Bertz CT molecular complexity index is 1570. The van der Waals surface area contributed by atoms with Crippen molar-refractivity contribution in [3.63, 3.8) is 0 Å². The van der Waals surface area contributed by atoms with Crippen molar-refractivity contribution in [3.8, 4) is 28.7 Å². The predicted molar refractivity (Wildman–Crippen MR) is 148 cm³/mol. The maximum absolute atomic E-state index is 13.1. The highest BCUT2D eigenvalue weighted by molar-refractivity contribution is 6.49. The molecule has 1 aliphatic rings. The third kappa shape index (κ3) is 6.64. The molecule has 0 saturated heterocycles. The number of alkyl halides is 2. The van der Waals surface area contributed by atoms with Crippen molar-refractivity contribution in [1.29, 1.82) is 5.26 Å². The summed E-state index contributed by atoms with van der Waals surface area (Å²) in [5.74, 6) is -2.01. The first-order chi connectivity index (χ1) is 19.7. The molecular formula is C27H26F2N8O3Si. The highest BCUT2D eigenvalue weighted by Gasteiger charge is 2.46. The standard InChI is InChI=1S/C27H26F2N8O3Si/c1-39-24-8-18(25(38)35-21-9-27(28,29)10-21)5-6-22(24)36-26-32-12-20(13-33-26)17-3-4-19(11-30)23(7-17)40-41(2)16-37-15-31-14-34-37/h3-8,12-15,21,41H,9-10,16H2,1-2H3,(H,35,38)(H,32,33,36)/t41-/m0/s1. The van der Waals surface area contributed by atoms with Gasteiger partial charge in [-0.3, -0.25) is 9.48 Å². The normalized spacial score (nSPS) is 14.8. The van der Waals surface area contributed by atoms with E-state index in [0.717, 1.165) is 11.1 Å². The van der Waals surface area contributed by atoms with Gasteiger partial charge in [-0.1, -0.05) is 6.07 Å². The molecular weight excluding hydrogens is 550 g/mol. The van der Waals surface area contributed by atoms with Crippen LogP contribution < -0.4 is 19.8 Å². The van der Waals surface area contributed by atoms with Gasteiger partial charge in [0, 0.05) is 42.4 Å². The third-order valence-corrected chi connectivity index (χ3v) is 8.01. The molecule has 210 valence electrons. The van der Waals surface area contributed by atoms with Gasteiger partial charge in [0.2, 0.25) is 5.95 Å². The van der Waals surface area contributed by atoms with Crippen molar-refractivity contribution in [2.75, 3.05) is 12.4 Å². The molecule has 5 rings (SSSR count). The van der Waals surface area contributed by atoms with Crippen LogP contribution in [-0.4, -0.2) is 58.8 Å². The molecule has 14 heteroatoms. The summed E-state index contributed by atoms with van der Waals surface area (Å²) in [6.07, 6.45) is 6.26. The SMILES string of the molecule is COc1cc(C(=O)NC2CC(F)(F)C2)ccc1Nc1ncc(-c2ccc(C#N)c(O[Si@@H](C)Cn3cncn3)c2)cn1. The zero-order chi connectivity index (χ0) is 29.0. The number of rotatable bonds is 10. The molecule has 2 aromatic carbocycles. The largest absolute Gasteiger partial charge is 0.544 e. The first-order valence-corrected chi connectivity index (χ1v) is 15.2. The van der Waals surface area contributed by atoms with Gasteiger partial charge in [-0.05, 0) is 42.4 Å². The molecule has 11 nitrogen and oxygen atoms in total. The molecule has 0 aliphatic heterocycles. The number of anilines is 2. The van der Waals surface area contributed by atoms with Crippen LogP contribution in [0.2, 0.25) is 6.55 Å². The van der Waals surface area contributed by atoms with Crippen LogP contribution in [0.4, 0.5) is 20.4 Å². The number of carbonyl (C=O) groups is 1. The second kappa shape index (κ2) is 11.7. The van der Waals surface area contributed by atoms with Gasteiger partial charge in [-0.25, -0.2) is 23.7 Å². The van der Waals surface area contributed by atoms with Crippen LogP contribution in [0, 0.1) is 11.3 Å². The lowest BCUT2D eigenvalue weighted by Crippen LogP contribution is -2.50. The second-order valence-electron chi connectivity index (χ2n) is 9.64. The van der Waals surface area contributed by atoms with Crippen LogP contribution >= 0.6 is 0 Å². The van der Waals surface area contributed by atoms with Crippen LogP contribution in [0.3, 0.4) is 0 Å². The lowest BCUT2D eigenvalue weighted by atomic mass is 9.88. The van der Waals surface area contributed by atoms with E-state index in [4.69, 9.17) is 9.16 Å². The van der Waals surface area contributed by atoms with E-state index >= 15 is 0 Å². The van der Waals surface area contributed by atoms with E-state index in [2.05, 4.69) is 36.8 Å². The minimum Gasteiger partial charge on any atom is -0.544 e. The number of aromatic nitrogens is 5. The second-order valence-corrected chi connectivity index (χ2v) is 11.9. The van der Waals surface area contributed by atoms with Crippen LogP contribution in [0.5, 0.6) is 11.5 Å². The van der Waals surface area contributed by atoms with E-state index in [1.54, 1.807) is 53.7 Å². The Labute approximate surface area is 235 Å². The first kappa shape index (κ1) is 27.7. The van der Waals surface area contributed by atoms with E-state index in [0.29, 0.717) is 34.9 Å². The number of hydrogen-bond acceptors (Lipinski definition) is 9. The molecule has 2 heterocycles. The maximum Gasteiger partial charge on any atom is 0.253 e. The molecule has 0 radical (unpaired) electrons. The Morgan fingerprint density at radius 1 is 1.17 bits per heavy atom. The number of nitrogens with zero attached hydrogens (tertiary/aromatic N) is 6. The quantitative estimate of drug-likeness (QED) is 0.269. The summed E-state index contributed by atoms with van der Waals surface area (Å²) in [5, 5.41) is 19.3. The highest BCUT2D eigenvalue weighted by Crippen LogP contribution is 2.37. The molecule has 0 unspecified atom stereocenters. The van der Waals surface area contributed by atoms with Gasteiger partial charge in [0.25, 0.3) is 20.9 Å². The molecule has 2 aromatic heterocycles. The van der Waals surface area contributed by atoms with E-state index in [1.807, 2.05) is 6.55 Å². The van der Waals surface area contributed by atoms with Crippen molar-refractivity contribution >= 4 is 26.6 Å². The minimum absolute atomic E-state index is 0.288. The number of carbonyl (C=O) groups excluding carboxylic acids is 1. The van der Waals surface area contributed by atoms with Gasteiger partial charge in [0.1, 0.15) is 30.2 Å². The van der Waals surface area contributed by atoms with Crippen LogP contribution in [0.1, 0.15) is 28.8 Å². The molecule has 2 N–H and O–H groups in total. The van der Waals surface area contributed by atoms with E-state index in [1.165, 1.54) is 19.5 Å². The first-order valence-electron chi connectivity index (χ1n) is 12.7. The smallest absolute Gasteiger partial charge is 0.253 e. The molecule has 1 aliphatic carbocycles. The number of halogens is 2. The van der Waals surface area contributed by atoms with Crippen molar-refractivity contribution in [1.82, 2.24) is 30.0 Å². The predicted octanol–water partition coefficient (Wildman–Crippen LogP) is 3.86. The average Bonchev–Trinajstić information content (AvgIpc) is 3.45. The van der Waals surface area contributed by atoms with Gasteiger partial charge in [-0.15, -0.1) is 0 Å². The third-order valence-electron chi connectivity index (χ3n) is 6.46. The van der Waals surface area contributed by atoms with Crippen LogP contribution in [0.25, 0.3) is 11.1 Å². The number of nitriles is 1. The Kier molecular flexibility index (Phi) is 7.88. The van der Waals surface area contributed by atoms with Gasteiger partial charge in [0.05, 0.1) is 24.5 Å². The lowest BCUT2D eigenvalue weighted by Gasteiger charge is -2.35. The Morgan fingerprint density at radius 2 is 1.95 bits per heavy atom. The highest BCUT2D eigenvalue weighted by atomic mass is 28.3. The number of hydrogen-bond donors (Lipinski definition) is 2. The summed E-state index contributed by atoms with van der Waals surface area (Å²) in [6.45, 7) is 2.02. The Morgan fingerprint density at radius 3 is 2.61 bits per heavy atom. The molecule has 1 amide bonds. The summed E-state index contributed by atoms with van der Waals surface area (Å²) in [5.41, 5.74) is 2.74. The molecule has 41 heavy (non-hydrogen) atoms. The Balaban J connectivity index is 1.26. The maximum atomic E-state index is 13.1. The fourth-order valence-electron chi connectivity index (χ4n) is 4.37. The van der Waals surface area contributed by atoms with Crippen molar-refractivity contribution < 1.29 is 22.7 Å². The van der Waals surface area contributed by atoms with E-state index in [-0.39, 0.29) is 18.4 Å². The zero-order valence-corrected chi connectivity index (χ0v) is 23.4. The molecule has 1 atom stereocenters. The molecule has 0 bridgehead atoms. The number of methoxy groups -OCH3 is 1. The number of benzene rings is 2. The van der Waals surface area contributed by atoms with Gasteiger partial charge in [0.15, 0.2) is 0 Å². The Hall–Kier alpha value is -4.90. The average molecular weight is 577 g/mol. The van der Waals surface area contributed by atoms with Gasteiger partial charge in [-0.2, -0.15) is 10.4 Å². The molecule has 4 aromatic rings. The summed E-state index contributed by atoms with van der Waals surface area (Å²) in [4.78, 5) is 25.2. The van der Waals surface area contributed by atoms with E-state index in [9.17, 15) is 18.8 Å².